The van der Waals surface area contributed by atoms with Crippen molar-refractivity contribution in [2.75, 3.05) is 12.3 Å². The number of benzene rings is 1. The van der Waals surface area contributed by atoms with E-state index in [1.54, 1.807) is 0 Å². The van der Waals surface area contributed by atoms with Gasteiger partial charge in [0, 0.05) is 23.1 Å². The van der Waals surface area contributed by atoms with E-state index < -0.39 is 0 Å². The van der Waals surface area contributed by atoms with Crippen molar-refractivity contribution in [3.8, 4) is 0 Å². The average Bonchev–Trinajstić information content (AvgIpc) is 2.71. The zero-order valence-corrected chi connectivity index (χ0v) is 10.8. The van der Waals surface area contributed by atoms with Crippen LogP contribution >= 0.6 is 0 Å². The summed E-state index contributed by atoms with van der Waals surface area (Å²) >= 11 is 0. The van der Waals surface area contributed by atoms with Crippen molar-refractivity contribution in [1.82, 2.24) is 10.3 Å². The molecule has 4 heteroatoms. The smallest absolute Gasteiger partial charge is 0.267 e. The maximum absolute atomic E-state index is 11.9. The van der Waals surface area contributed by atoms with E-state index in [1.807, 2.05) is 24.3 Å². The number of H-pyrrole nitrogens is 1. The van der Waals surface area contributed by atoms with Crippen molar-refractivity contribution in [1.29, 1.82) is 0 Å². The molecule has 0 unspecified atom stereocenters. The fourth-order valence-corrected chi connectivity index (χ4v) is 1.84. The molecule has 0 aliphatic carbocycles. The third-order valence-corrected chi connectivity index (χ3v) is 2.90. The van der Waals surface area contributed by atoms with Crippen LogP contribution in [0, 0.1) is 5.92 Å². The number of rotatable bonds is 4. The molecule has 0 saturated heterocycles. The first kappa shape index (κ1) is 12.5. The van der Waals surface area contributed by atoms with Crippen molar-refractivity contribution < 1.29 is 4.79 Å². The summed E-state index contributed by atoms with van der Waals surface area (Å²) in [5.74, 6) is 0.526. The standard InChI is InChI=1S/C14H19N3O/c1-9(2)5-6-16-14(18)13-8-10-7-11(15)3-4-12(10)17-13/h3-4,7-9,17H,5-6,15H2,1-2H3,(H,16,18). The molecule has 1 heterocycles. The molecule has 0 atom stereocenters. The maximum atomic E-state index is 11.9. The Morgan fingerprint density at radius 3 is 2.89 bits per heavy atom. The number of nitrogens with two attached hydrogens (primary N) is 1. The van der Waals surface area contributed by atoms with Crippen LogP contribution in [0.3, 0.4) is 0 Å². The van der Waals surface area contributed by atoms with E-state index >= 15 is 0 Å². The summed E-state index contributed by atoms with van der Waals surface area (Å²) in [6, 6.07) is 7.39. The number of nitrogens with one attached hydrogen (secondary N) is 2. The minimum atomic E-state index is -0.0644. The van der Waals surface area contributed by atoms with Crippen LogP contribution in [0.25, 0.3) is 10.9 Å². The summed E-state index contributed by atoms with van der Waals surface area (Å²) in [6.45, 7) is 4.98. The van der Waals surface area contributed by atoms with Crippen LogP contribution in [-0.4, -0.2) is 17.4 Å². The Labute approximate surface area is 107 Å². The molecule has 2 rings (SSSR count). The van der Waals surface area contributed by atoms with E-state index in [4.69, 9.17) is 5.73 Å². The van der Waals surface area contributed by atoms with Crippen LogP contribution < -0.4 is 11.1 Å². The first-order chi connectivity index (χ1) is 8.56. The third kappa shape index (κ3) is 2.83. The zero-order chi connectivity index (χ0) is 13.1. The van der Waals surface area contributed by atoms with E-state index in [1.165, 1.54) is 0 Å². The quantitative estimate of drug-likeness (QED) is 0.724. The molecule has 0 saturated carbocycles. The molecule has 4 N–H and O–H groups in total. The second kappa shape index (κ2) is 5.12. The molecule has 0 bridgehead atoms. The van der Waals surface area contributed by atoms with Crippen LogP contribution in [-0.2, 0) is 0 Å². The number of hydrogen-bond donors (Lipinski definition) is 3. The SMILES string of the molecule is CC(C)CCNC(=O)c1cc2cc(N)ccc2[nH]1. The molecule has 1 amide bonds. The van der Waals surface area contributed by atoms with Gasteiger partial charge in [-0.2, -0.15) is 0 Å². The third-order valence-electron chi connectivity index (χ3n) is 2.90. The number of fused-ring (bicyclic) bond motifs is 1. The lowest BCUT2D eigenvalue weighted by molar-refractivity contribution is 0.0948. The Kier molecular flexibility index (Phi) is 3.55. The molecule has 0 radical (unpaired) electrons. The van der Waals surface area contributed by atoms with Crippen LogP contribution in [0.2, 0.25) is 0 Å². The van der Waals surface area contributed by atoms with Gasteiger partial charge in [0.2, 0.25) is 0 Å². The van der Waals surface area contributed by atoms with Gasteiger partial charge in [0.1, 0.15) is 5.69 Å². The van der Waals surface area contributed by atoms with Gasteiger partial charge in [0.15, 0.2) is 0 Å². The normalized spacial score (nSPS) is 11.1. The Balaban J connectivity index is 2.08. The largest absolute Gasteiger partial charge is 0.399 e. The fourth-order valence-electron chi connectivity index (χ4n) is 1.84. The molecule has 0 fully saturated rings. The van der Waals surface area contributed by atoms with Crippen LogP contribution in [0.1, 0.15) is 30.8 Å². The summed E-state index contributed by atoms with van der Waals surface area (Å²) in [6.07, 6.45) is 0.985. The van der Waals surface area contributed by atoms with Crippen LogP contribution in [0.4, 0.5) is 5.69 Å². The Bertz CT molecular complexity index is 557. The van der Waals surface area contributed by atoms with E-state index in [2.05, 4.69) is 24.1 Å². The number of nitrogen functional groups attached to an aromatic ring is 1. The molecular formula is C14H19N3O. The van der Waals surface area contributed by atoms with E-state index in [-0.39, 0.29) is 5.91 Å². The molecule has 0 aliphatic rings. The highest BCUT2D eigenvalue weighted by Gasteiger charge is 2.09. The van der Waals surface area contributed by atoms with Gasteiger partial charge in [-0.1, -0.05) is 13.8 Å². The second-order valence-corrected chi connectivity index (χ2v) is 4.97. The fraction of sp³-hybridized carbons (Fsp3) is 0.357. The van der Waals surface area contributed by atoms with Crippen molar-refractivity contribution in [3.05, 3.63) is 30.0 Å². The lowest BCUT2D eigenvalue weighted by atomic mass is 10.1. The van der Waals surface area contributed by atoms with Crippen molar-refractivity contribution in [2.45, 2.75) is 20.3 Å². The first-order valence-corrected chi connectivity index (χ1v) is 6.22. The summed E-state index contributed by atoms with van der Waals surface area (Å²) in [4.78, 5) is 15.0. The van der Waals surface area contributed by atoms with Crippen LogP contribution in [0.5, 0.6) is 0 Å². The molecular weight excluding hydrogens is 226 g/mol. The molecule has 0 aliphatic heterocycles. The van der Waals surface area contributed by atoms with E-state index in [9.17, 15) is 4.79 Å². The molecule has 1 aromatic heterocycles. The minimum Gasteiger partial charge on any atom is -0.399 e. The Hall–Kier alpha value is -1.97. The molecule has 2 aromatic rings. The predicted molar refractivity (Wildman–Crippen MR) is 74.5 cm³/mol. The van der Waals surface area contributed by atoms with Crippen molar-refractivity contribution in [2.24, 2.45) is 5.92 Å². The molecule has 18 heavy (non-hydrogen) atoms. The maximum Gasteiger partial charge on any atom is 0.267 e. The number of aromatic amines is 1. The van der Waals surface area contributed by atoms with Gasteiger partial charge in [0.05, 0.1) is 0 Å². The average molecular weight is 245 g/mol. The zero-order valence-electron chi connectivity index (χ0n) is 10.8. The Morgan fingerprint density at radius 2 is 2.17 bits per heavy atom. The van der Waals surface area contributed by atoms with Gasteiger partial charge in [-0.3, -0.25) is 4.79 Å². The number of carbonyl (C=O) groups is 1. The lowest BCUT2D eigenvalue weighted by Gasteiger charge is -2.05. The summed E-state index contributed by atoms with van der Waals surface area (Å²) < 4.78 is 0. The van der Waals surface area contributed by atoms with Gasteiger partial charge in [-0.05, 0) is 36.6 Å². The number of amides is 1. The van der Waals surface area contributed by atoms with Crippen molar-refractivity contribution in [3.63, 3.8) is 0 Å². The Morgan fingerprint density at radius 1 is 1.39 bits per heavy atom. The van der Waals surface area contributed by atoms with Gasteiger partial charge in [0.25, 0.3) is 5.91 Å². The minimum absolute atomic E-state index is 0.0644. The second-order valence-electron chi connectivity index (χ2n) is 4.97. The highest BCUT2D eigenvalue weighted by Crippen LogP contribution is 2.18. The van der Waals surface area contributed by atoms with Gasteiger partial charge >= 0.3 is 0 Å². The molecule has 96 valence electrons. The van der Waals surface area contributed by atoms with Crippen molar-refractivity contribution >= 4 is 22.5 Å². The van der Waals surface area contributed by atoms with Gasteiger partial charge < -0.3 is 16.0 Å². The lowest BCUT2D eigenvalue weighted by Crippen LogP contribution is -2.25. The monoisotopic (exact) mass is 245 g/mol. The number of aromatic nitrogens is 1. The number of carbonyl (C=O) groups excluding carboxylic acids is 1. The molecule has 1 aromatic carbocycles. The molecule has 0 spiro atoms. The summed E-state index contributed by atoms with van der Waals surface area (Å²) in [5.41, 5.74) is 7.92. The molecule has 4 nitrogen and oxygen atoms in total. The summed E-state index contributed by atoms with van der Waals surface area (Å²) in [5, 5.41) is 3.87. The number of hydrogen-bond acceptors (Lipinski definition) is 2. The predicted octanol–water partition coefficient (Wildman–Crippen LogP) is 2.53. The highest BCUT2D eigenvalue weighted by atomic mass is 16.1. The first-order valence-electron chi connectivity index (χ1n) is 6.22. The number of anilines is 1. The topological polar surface area (TPSA) is 70.9 Å². The van der Waals surface area contributed by atoms with E-state index in [0.717, 1.165) is 17.3 Å². The van der Waals surface area contributed by atoms with Gasteiger partial charge in [-0.15, -0.1) is 0 Å². The van der Waals surface area contributed by atoms with E-state index in [0.29, 0.717) is 23.8 Å². The summed E-state index contributed by atoms with van der Waals surface area (Å²) in [7, 11) is 0. The van der Waals surface area contributed by atoms with Crippen LogP contribution in [0.15, 0.2) is 24.3 Å². The highest BCUT2D eigenvalue weighted by molar-refractivity contribution is 5.98. The van der Waals surface area contributed by atoms with Gasteiger partial charge in [-0.25, -0.2) is 0 Å².